The van der Waals surface area contributed by atoms with Crippen molar-refractivity contribution in [1.82, 2.24) is 9.78 Å². The summed E-state index contributed by atoms with van der Waals surface area (Å²) in [6.45, 7) is 0. The summed E-state index contributed by atoms with van der Waals surface area (Å²) in [5.74, 6) is 0.276. The third kappa shape index (κ3) is 2.25. The lowest BCUT2D eigenvalue weighted by Gasteiger charge is -1.96. The number of fused-ring (bicyclic) bond motifs is 1. The van der Waals surface area contributed by atoms with E-state index >= 15 is 0 Å². The summed E-state index contributed by atoms with van der Waals surface area (Å²) in [5.41, 5.74) is 2.54. The summed E-state index contributed by atoms with van der Waals surface area (Å²) >= 11 is 1.70. The Bertz CT molecular complexity index is 561. The van der Waals surface area contributed by atoms with Gasteiger partial charge in [0.15, 0.2) is 5.78 Å². The van der Waals surface area contributed by atoms with Crippen LogP contribution in [0.2, 0.25) is 0 Å². The predicted octanol–water partition coefficient (Wildman–Crippen LogP) is 2.79. The van der Waals surface area contributed by atoms with Gasteiger partial charge in [-0.2, -0.15) is 5.10 Å². The van der Waals surface area contributed by atoms with Crippen molar-refractivity contribution in [3.05, 3.63) is 39.3 Å². The van der Waals surface area contributed by atoms with Gasteiger partial charge in [-0.15, -0.1) is 11.3 Å². The molecule has 0 amide bonds. The van der Waals surface area contributed by atoms with Crippen molar-refractivity contribution >= 4 is 17.1 Å². The molecule has 2 aromatic heterocycles. The molecule has 0 bridgehead atoms. The third-order valence-corrected chi connectivity index (χ3v) is 4.70. The summed E-state index contributed by atoms with van der Waals surface area (Å²) < 4.78 is 1.78. The van der Waals surface area contributed by atoms with Gasteiger partial charge in [-0.05, 0) is 42.9 Å². The average Bonchev–Trinajstić information content (AvgIpc) is 3.00. The van der Waals surface area contributed by atoms with Gasteiger partial charge >= 0.3 is 0 Å². The number of ketones is 1. The first kappa shape index (κ1) is 11.7. The molecule has 0 saturated carbocycles. The molecule has 0 unspecified atom stereocenters. The molecule has 0 radical (unpaired) electrons. The lowest BCUT2D eigenvalue weighted by Crippen LogP contribution is -1.98. The highest BCUT2D eigenvalue weighted by Gasteiger charge is 2.18. The second-order valence-corrected chi connectivity index (χ2v) is 5.99. The molecular formula is C14H16N2OS. The molecule has 1 aliphatic rings. The van der Waals surface area contributed by atoms with Crippen LogP contribution in [-0.4, -0.2) is 15.6 Å². The van der Waals surface area contributed by atoms with Crippen LogP contribution in [0.3, 0.4) is 0 Å². The molecule has 2 heterocycles. The molecule has 0 aliphatic heterocycles. The van der Waals surface area contributed by atoms with Crippen molar-refractivity contribution in [2.75, 3.05) is 0 Å². The van der Waals surface area contributed by atoms with Crippen LogP contribution in [0.1, 0.15) is 38.5 Å². The van der Waals surface area contributed by atoms with Crippen LogP contribution in [-0.2, 0) is 26.3 Å². The molecule has 2 aromatic rings. The van der Waals surface area contributed by atoms with Gasteiger partial charge in [0.2, 0.25) is 0 Å². The van der Waals surface area contributed by atoms with E-state index in [2.05, 4.69) is 11.2 Å². The van der Waals surface area contributed by atoms with Crippen molar-refractivity contribution in [3.63, 3.8) is 0 Å². The number of carbonyl (C=O) groups is 1. The van der Waals surface area contributed by atoms with E-state index in [9.17, 15) is 4.79 Å². The number of rotatable bonds is 4. The molecule has 4 heteroatoms. The second-order valence-electron chi connectivity index (χ2n) is 4.86. The predicted molar refractivity (Wildman–Crippen MR) is 72.2 cm³/mol. The van der Waals surface area contributed by atoms with Crippen molar-refractivity contribution in [2.24, 2.45) is 7.05 Å². The van der Waals surface area contributed by atoms with E-state index in [1.807, 2.05) is 19.4 Å². The fourth-order valence-corrected chi connectivity index (χ4v) is 3.67. The largest absolute Gasteiger partial charge is 0.293 e. The van der Waals surface area contributed by atoms with E-state index in [1.54, 1.807) is 16.0 Å². The normalized spacial score (nSPS) is 13.8. The van der Waals surface area contributed by atoms with E-state index in [-0.39, 0.29) is 5.78 Å². The van der Waals surface area contributed by atoms with Gasteiger partial charge in [0.1, 0.15) is 0 Å². The Morgan fingerprint density at radius 2 is 2.39 bits per heavy atom. The van der Waals surface area contributed by atoms with Crippen molar-refractivity contribution in [3.8, 4) is 0 Å². The first-order chi connectivity index (χ1) is 8.72. The Kier molecular flexibility index (Phi) is 3.04. The Morgan fingerprint density at radius 1 is 1.50 bits per heavy atom. The van der Waals surface area contributed by atoms with Gasteiger partial charge in [0.25, 0.3) is 0 Å². The Hall–Kier alpha value is -1.42. The first-order valence-corrected chi connectivity index (χ1v) is 7.16. The summed E-state index contributed by atoms with van der Waals surface area (Å²) in [5, 5.41) is 4.12. The monoisotopic (exact) mass is 260 g/mol. The van der Waals surface area contributed by atoms with Gasteiger partial charge < -0.3 is 0 Å². The quantitative estimate of drug-likeness (QED) is 0.792. The highest BCUT2D eigenvalue weighted by Crippen LogP contribution is 2.31. The molecule has 0 fully saturated rings. The van der Waals surface area contributed by atoms with Crippen LogP contribution in [0.15, 0.2) is 18.5 Å². The Morgan fingerprint density at radius 3 is 3.11 bits per heavy atom. The van der Waals surface area contributed by atoms with Crippen LogP contribution in [0, 0.1) is 0 Å². The molecule has 0 N–H and O–H groups in total. The molecule has 0 atom stereocenters. The fourth-order valence-electron chi connectivity index (χ4n) is 2.45. The van der Waals surface area contributed by atoms with Crippen LogP contribution in [0.25, 0.3) is 0 Å². The van der Waals surface area contributed by atoms with Crippen LogP contribution < -0.4 is 0 Å². The number of nitrogens with zero attached hydrogens (tertiary/aromatic N) is 2. The summed E-state index contributed by atoms with van der Waals surface area (Å²) in [4.78, 5) is 14.5. The van der Waals surface area contributed by atoms with Crippen LogP contribution in [0.5, 0.6) is 0 Å². The molecule has 0 aromatic carbocycles. The van der Waals surface area contributed by atoms with E-state index in [4.69, 9.17) is 0 Å². The Balaban J connectivity index is 1.64. The third-order valence-electron chi connectivity index (χ3n) is 3.42. The summed E-state index contributed by atoms with van der Waals surface area (Å²) in [6.07, 6.45) is 8.76. The van der Waals surface area contributed by atoms with E-state index in [0.717, 1.165) is 29.7 Å². The number of carbonyl (C=O) groups excluding carboxylic acids is 1. The number of hydrogen-bond donors (Lipinski definition) is 0. The summed E-state index contributed by atoms with van der Waals surface area (Å²) in [6, 6.07) is 2.11. The first-order valence-electron chi connectivity index (χ1n) is 6.34. The maximum atomic E-state index is 12.1. The topological polar surface area (TPSA) is 34.9 Å². The van der Waals surface area contributed by atoms with Crippen molar-refractivity contribution in [1.29, 1.82) is 0 Å². The van der Waals surface area contributed by atoms with Crippen LogP contribution in [0.4, 0.5) is 0 Å². The number of thiophene rings is 1. The van der Waals surface area contributed by atoms with E-state index in [0.29, 0.717) is 6.42 Å². The number of hydrogen-bond acceptors (Lipinski definition) is 3. The molecule has 18 heavy (non-hydrogen) atoms. The standard InChI is InChI=1S/C14H16N2OS/c1-16-9-10(8-15-16)5-6-12(17)14-7-11-3-2-4-13(11)18-14/h7-9H,2-6H2,1H3. The lowest BCUT2D eigenvalue weighted by molar-refractivity contribution is 0.0986. The number of Topliss-reactive ketones (excluding diaryl/α,β-unsaturated/α-hetero) is 1. The minimum absolute atomic E-state index is 0.276. The van der Waals surface area contributed by atoms with E-state index in [1.165, 1.54) is 16.9 Å². The van der Waals surface area contributed by atoms with E-state index < -0.39 is 0 Å². The molecule has 94 valence electrons. The van der Waals surface area contributed by atoms with Gasteiger partial charge in [-0.25, -0.2) is 0 Å². The van der Waals surface area contributed by atoms with Gasteiger partial charge in [0.05, 0.1) is 11.1 Å². The highest BCUT2D eigenvalue weighted by molar-refractivity contribution is 7.14. The molecule has 0 spiro atoms. The smallest absolute Gasteiger partial charge is 0.173 e. The zero-order chi connectivity index (χ0) is 12.5. The number of aryl methyl sites for hydroxylation is 4. The molecule has 1 aliphatic carbocycles. The summed E-state index contributed by atoms with van der Waals surface area (Å²) in [7, 11) is 1.90. The molecule has 3 rings (SSSR count). The van der Waals surface area contributed by atoms with Crippen molar-refractivity contribution in [2.45, 2.75) is 32.1 Å². The zero-order valence-corrected chi connectivity index (χ0v) is 11.3. The minimum Gasteiger partial charge on any atom is -0.293 e. The highest BCUT2D eigenvalue weighted by atomic mass is 32.1. The average molecular weight is 260 g/mol. The minimum atomic E-state index is 0.276. The molecule has 0 saturated heterocycles. The zero-order valence-electron chi connectivity index (χ0n) is 10.5. The van der Waals surface area contributed by atoms with Gasteiger partial charge in [0, 0.05) is 24.5 Å². The Labute approximate surface area is 110 Å². The molecule has 3 nitrogen and oxygen atoms in total. The number of aromatic nitrogens is 2. The van der Waals surface area contributed by atoms with Gasteiger partial charge in [-0.3, -0.25) is 9.48 Å². The maximum Gasteiger partial charge on any atom is 0.173 e. The maximum absolute atomic E-state index is 12.1. The van der Waals surface area contributed by atoms with Gasteiger partial charge in [-0.1, -0.05) is 0 Å². The molecular weight excluding hydrogens is 244 g/mol. The fraction of sp³-hybridized carbons (Fsp3) is 0.429. The SMILES string of the molecule is Cn1cc(CCC(=O)c2cc3c(s2)CCC3)cn1. The van der Waals surface area contributed by atoms with Crippen molar-refractivity contribution < 1.29 is 4.79 Å². The second kappa shape index (κ2) is 4.69. The van der Waals surface area contributed by atoms with Crippen LogP contribution >= 0.6 is 11.3 Å². The lowest BCUT2D eigenvalue weighted by atomic mass is 10.1.